The van der Waals surface area contributed by atoms with Crippen molar-refractivity contribution in [3.05, 3.63) is 18.0 Å². The van der Waals surface area contributed by atoms with Crippen LogP contribution in [-0.2, 0) is 18.4 Å². The Morgan fingerprint density at radius 3 is 2.71 bits per heavy atom. The minimum atomic E-state index is 0. The summed E-state index contributed by atoms with van der Waals surface area (Å²) in [6.07, 6.45) is 7.73. The zero-order valence-corrected chi connectivity index (χ0v) is 14.3. The lowest BCUT2D eigenvalue weighted by molar-refractivity contribution is -0.137. The van der Waals surface area contributed by atoms with E-state index in [1.54, 1.807) is 4.68 Å². The third kappa shape index (κ3) is 5.49. The number of carbonyl (C=O) groups excluding carboxylic acids is 1. The van der Waals surface area contributed by atoms with Gasteiger partial charge in [0.1, 0.15) is 0 Å². The van der Waals surface area contributed by atoms with Crippen LogP contribution in [-0.4, -0.2) is 33.2 Å². The lowest BCUT2D eigenvalue weighted by Crippen LogP contribution is -2.40. The van der Waals surface area contributed by atoms with E-state index in [4.69, 9.17) is 5.73 Å². The van der Waals surface area contributed by atoms with Gasteiger partial charge in [-0.1, -0.05) is 6.42 Å². The maximum Gasteiger partial charge on any atom is 0.226 e. The highest BCUT2D eigenvalue weighted by atomic mass is 35.5. The SMILES string of the molecule is CCN(Cc1cnn(C)c1)C(=O)C1CCCC(N)C1.Cl.Cl. The third-order valence-corrected chi connectivity index (χ3v) is 3.89. The van der Waals surface area contributed by atoms with Crippen LogP contribution in [0, 0.1) is 5.92 Å². The molecule has 1 heterocycles. The first kappa shape index (κ1) is 20.2. The number of amides is 1. The molecule has 0 spiro atoms. The second-order valence-corrected chi connectivity index (χ2v) is 5.50. The normalized spacial score (nSPS) is 21.1. The molecule has 0 radical (unpaired) electrons. The van der Waals surface area contributed by atoms with E-state index in [1.165, 1.54) is 0 Å². The van der Waals surface area contributed by atoms with Gasteiger partial charge in [0.15, 0.2) is 0 Å². The Morgan fingerprint density at radius 1 is 1.48 bits per heavy atom. The molecule has 7 heteroatoms. The molecule has 1 aromatic heterocycles. The molecule has 5 nitrogen and oxygen atoms in total. The number of nitrogens with zero attached hydrogens (tertiary/aromatic N) is 3. The molecule has 122 valence electrons. The average molecular weight is 337 g/mol. The first-order chi connectivity index (χ1) is 9.10. The Morgan fingerprint density at radius 2 is 2.19 bits per heavy atom. The van der Waals surface area contributed by atoms with Crippen LogP contribution in [0.2, 0.25) is 0 Å². The van der Waals surface area contributed by atoms with E-state index >= 15 is 0 Å². The predicted molar refractivity (Wildman–Crippen MR) is 88.7 cm³/mol. The summed E-state index contributed by atoms with van der Waals surface area (Å²) in [5.41, 5.74) is 7.06. The Bertz CT molecular complexity index is 438. The summed E-state index contributed by atoms with van der Waals surface area (Å²) in [5.74, 6) is 0.363. The molecular weight excluding hydrogens is 311 g/mol. The lowest BCUT2D eigenvalue weighted by Gasteiger charge is -2.30. The fourth-order valence-electron chi connectivity index (χ4n) is 2.83. The van der Waals surface area contributed by atoms with Crippen LogP contribution < -0.4 is 5.73 Å². The molecule has 1 saturated carbocycles. The van der Waals surface area contributed by atoms with Gasteiger partial charge in [-0.05, 0) is 26.2 Å². The molecule has 2 unspecified atom stereocenters. The standard InChI is InChI=1S/C14H24N4O.2ClH/c1-3-18(10-11-8-16-17(2)9-11)14(19)12-5-4-6-13(15)7-12;;/h8-9,12-13H,3-7,10,15H2,1-2H3;2*1H. The number of aromatic nitrogens is 2. The van der Waals surface area contributed by atoms with E-state index in [9.17, 15) is 4.79 Å². The van der Waals surface area contributed by atoms with Crippen LogP contribution in [0.3, 0.4) is 0 Å². The van der Waals surface area contributed by atoms with E-state index in [0.29, 0.717) is 6.54 Å². The second-order valence-electron chi connectivity index (χ2n) is 5.50. The van der Waals surface area contributed by atoms with Crippen molar-refractivity contribution in [2.24, 2.45) is 18.7 Å². The van der Waals surface area contributed by atoms with Crippen molar-refractivity contribution >= 4 is 30.7 Å². The lowest BCUT2D eigenvalue weighted by atomic mass is 9.85. The number of carbonyl (C=O) groups is 1. The summed E-state index contributed by atoms with van der Waals surface area (Å²) in [7, 11) is 1.89. The van der Waals surface area contributed by atoms with Gasteiger partial charge in [-0.15, -0.1) is 24.8 Å². The van der Waals surface area contributed by atoms with Crippen LogP contribution in [0.4, 0.5) is 0 Å². The van der Waals surface area contributed by atoms with Crippen molar-refractivity contribution in [1.82, 2.24) is 14.7 Å². The fraction of sp³-hybridized carbons (Fsp3) is 0.714. The number of rotatable bonds is 4. The minimum absolute atomic E-state index is 0. The van der Waals surface area contributed by atoms with Gasteiger partial charge in [-0.3, -0.25) is 9.48 Å². The quantitative estimate of drug-likeness (QED) is 0.915. The van der Waals surface area contributed by atoms with E-state index in [1.807, 2.05) is 31.3 Å². The van der Waals surface area contributed by atoms with Gasteiger partial charge in [-0.25, -0.2) is 0 Å². The Kier molecular flexibility index (Phi) is 8.94. The van der Waals surface area contributed by atoms with Gasteiger partial charge in [0.2, 0.25) is 5.91 Å². The van der Waals surface area contributed by atoms with Crippen molar-refractivity contribution in [2.75, 3.05) is 6.54 Å². The van der Waals surface area contributed by atoms with Gasteiger partial charge in [0.25, 0.3) is 0 Å². The minimum Gasteiger partial charge on any atom is -0.338 e. The summed E-state index contributed by atoms with van der Waals surface area (Å²) in [6.45, 7) is 3.41. The van der Waals surface area contributed by atoms with Crippen molar-refractivity contribution in [3.63, 3.8) is 0 Å². The van der Waals surface area contributed by atoms with Crippen molar-refractivity contribution in [2.45, 2.75) is 45.2 Å². The van der Waals surface area contributed by atoms with E-state index < -0.39 is 0 Å². The third-order valence-electron chi connectivity index (χ3n) is 3.89. The molecular formula is C14H26Cl2N4O. The molecule has 1 aliphatic carbocycles. The summed E-state index contributed by atoms with van der Waals surface area (Å²) in [5, 5.41) is 4.15. The van der Waals surface area contributed by atoms with Gasteiger partial charge in [-0.2, -0.15) is 5.10 Å². The Balaban J connectivity index is 0.00000200. The molecule has 2 N–H and O–H groups in total. The average Bonchev–Trinajstić information content (AvgIpc) is 2.81. The Labute approximate surface area is 139 Å². The molecule has 1 aliphatic rings. The smallest absolute Gasteiger partial charge is 0.226 e. The van der Waals surface area contributed by atoms with Crippen LogP contribution in [0.15, 0.2) is 12.4 Å². The van der Waals surface area contributed by atoms with E-state index in [-0.39, 0.29) is 42.7 Å². The number of nitrogens with two attached hydrogens (primary N) is 1. The molecule has 1 fully saturated rings. The van der Waals surface area contributed by atoms with Crippen LogP contribution in [0.1, 0.15) is 38.2 Å². The molecule has 1 amide bonds. The predicted octanol–water partition coefficient (Wildman–Crippen LogP) is 2.13. The van der Waals surface area contributed by atoms with Crippen molar-refractivity contribution in [1.29, 1.82) is 0 Å². The summed E-state index contributed by atoms with van der Waals surface area (Å²) in [4.78, 5) is 14.4. The summed E-state index contributed by atoms with van der Waals surface area (Å²) >= 11 is 0. The van der Waals surface area contributed by atoms with Crippen LogP contribution >= 0.6 is 24.8 Å². The van der Waals surface area contributed by atoms with Gasteiger partial charge >= 0.3 is 0 Å². The van der Waals surface area contributed by atoms with E-state index in [0.717, 1.165) is 37.8 Å². The zero-order chi connectivity index (χ0) is 13.8. The number of halogens is 2. The topological polar surface area (TPSA) is 64.2 Å². The molecule has 21 heavy (non-hydrogen) atoms. The zero-order valence-electron chi connectivity index (χ0n) is 12.7. The summed E-state index contributed by atoms with van der Waals surface area (Å²) in [6, 6.07) is 0.194. The van der Waals surface area contributed by atoms with Crippen molar-refractivity contribution in [3.8, 4) is 0 Å². The van der Waals surface area contributed by atoms with Gasteiger partial charge in [0, 0.05) is 43.9 Å². The van der Waals surface area contributed by atoms with Crippen LogP contribution in [0.5, 0.6) is 0 Å². The molecule has 0 bridgehead atoms. The molecule has 0 aliphatic heterocycles. The van der Waals surface area contributed by atoms with Gasteiger partial charge < -0.3 is 10.6 Å². The maximum atomic E-state index is 12.5. The highest BCUT2D eigenvalue weighted by Crippen LogP contribution is 2.25. The molecule has 1 aromatic rings. The largest absolute Gasteiger partial charge is 0.338 e. The van der Waals surface area contributed by atoms with E-state index in [2.05, 4.69) is 5.10 Å². The van der Waals surface area contributed by atoms with Crippen molar-refractivity contribution < 1.29 is 4.79 Å². The monoisotopic (exact) mass is 336 g/mol. The molecule has 0 aromatic carbocycles. The Hall–Kier alpha value is -0.780. The van der Waals surface area contributed by atoms with Gasteiger partial charge in [0.05, 0.1) is 6.20 Å². The maximum absolute atomic E-state index is 12.5. The summed E-state index contributed by atoms with van der Waals surface area (Å²) < 4.78 is 1.77. The fourth-order valence-corrected chi connectivity index (χ4v) is 2.83. The highest BCUT2D eigenvalue weighted by Gasteiger charge is 2.28. The first-order valence-corrected chi connectivity index (χ1v) is 7.12. The molecule has 0 saturated heterocycles. The highest BCUT2D eigenvalue weighted by molar-refractivity contribution is 5.85. The first-order valence-electron chi connectivity index (χ1n) is 7.12. The molecule has 2 atom stereocenters. The number of hydrogen-bond acceptors (Lipinski definition) is 3. The number of aryl methyl sites for hydroxylation is 1. The van der Waals surface area contributed by atoms with Crippen LogP contribution in [0.25, 0.3) is 0 Å². The molecule has 2 rings (SSSR count). The number of hydrogen-bond donors (Lipinski definition) is 1. The second kappa shape index (κ2) is 9.28.